The number of carbonyl (C=O) groups is 2. The molecule has 0 bridgehead atoms. The normalized spacial score (nSPS) is 23.2. The van der Waals surface area contributed by atoms with Crippen LogP contribution in [0, 0.1) is 12.3 Å². The number of nitrogens with one attached hydrogen (secondary N) is 1. The molecule has 0 aromatic rings. The molecule has 4 nitrogen and oxygen atoms in total. The van der Waals surface area contributed by atoms with Crippen molar-refractivity contribution in [2.45, 2.75) is 24.8 Å². The third-order valence-electron chi connectivity index (χ3n) is 2.48. The molecule has 1 heterocycles. The average Bonchev–Trinajstić information content (AvgIpc) is 2.81. The van der Waals surface area contributed by atoms with Gasteiger partial charge in [-0.1, -0.05) is 0 Å². The van der Waals surface area contributed by atoms with Crippen LogP contribution in [0.3, 0.4) is 0 Å². The molecule has 0 radical (unpaired) electrons. The lowest BCUT2D eigenvalue weighted by Gasteiger charge is -2.09. The van der Waals surface area contributed by atoms with Crippen molar-refractivity contribution in [1.82, 2.24) is 10.2 Å². The number of terminal acetylenes is 1. The van der Waals surface area contributed by atoms with Crippen LogP contribution in [0.2, 0.25) is 0 Å². The number of nitrogens with zero attached hydrogens (tertiary/aromatic N) is 1. The number of hydrogen-bond donors (Lipinski definition) is 1. The van der Waals surface area contributed by atoms with Gasteiger partial charge in [-0.3, -0.25) is 9.69 Å². The maximum atomic E-state index is 11.6. The van der Waals surface area contributed by atoms with Gasteiger partial charge in [0.2, 0.25) is 0 Å². The molecule has 1 aliphatic carbocycles. The molecule has 1 saturated heterocycles. The van der Waals surface area contributed by atoms with E-state index in [0.717, 1.165) is 12.8 Å². The maximum Gasteiger partial charge on any atom is 0.325 e. The Bertz CT molecular complexity index is 312. The van der Waals surface area contributed by atoms with Crippen LogP contribution in [0.5, 0.6) is 0 Å². The van der Waals surface area contributed by atoms with Gasteiger partial charge in [0.15, 0.2) is 0 Å². The summed E-state index contributed by atoms with van der Waals surface area (Å²) in [5.41, 5.74) is -0.536. The molecule has 2 rings (SSSR count). The molecule has 1 N–H and O–H groups in total. The molecule has 2 fully saturated rings. The van der Waals surface area contributed by atoms with E-state index in [0.29, 0.717) is 13.0 Å². The highest BCUT2D eigenvalue weighted by Crippen LogP contribution is 2.40. The molecule has 0 aromatic carbocycles. The van der Waals surface area contributed by atoms with Crippen molar-refractivity contribution < 1.29 is 9.59 Å². The van der Waals surface area contributed by atoms with Gasteiger partial charge in [0, 0.05) is 13.0 Å². The van der Waals surface area contributed by atoms with Gasteiger partial charge in [0.05, 0.1) is 0 Å². The molecule has 4 heteroatoms. The standard InChI is InChI=1S/C9H10N2O2/c1-2-3-6-11-7(12)9(4-5-9)10-8(11)13/h1H,3-6H2,(H,10,13). The molecule has 0 unspecified atom stereocenters. The lowest BCUT2D eigenvalue weighted by molar-refractivity contribution is -0.128. The summed E-state index contributed by atoms with van der Waals surface area (Å²) in [6.07, 6.45) is 7.02. The summed E-state index contributed by atoms with van der Waals surface area (Å²) in [6.45, 7) is 0.336. The summed E-state index contributed by atoms with van der Waals surface area (Å²) in [5.74, 6) is 2.31. The Labute approximate surface area is 76.3 Å². The van der Waals surface area contributed by atoms with E-state index in [9.17, 15) is 9.59 Å². The number of rotatable bonds is 2. The second kappa shape index (κ2) is 2.49. The quantitative estimate of drug-likeness (QED) is 0.481. The zero-order valence-electron chi connectivity index (χ0n) is 7.17. The van der Waals surface area contributed by atoms with Gasteiger partial charge >= 0.3 is 6.03 Å². The number of imide groups is 1. The van der Waals surface area contributed by atoms with Gasteiger partial charge in [0.25, 0.3) is 5.91 Å². The van der Waals surface area contributed by atoms with Crippen molar-refractivity contribution in [3.63, 3.8) is 0 Å². The van der Waals surface area contributed by atoms with Gasteiger partial charge in [0.1, 0.15) is 5.54 Å². The first-order valence-corrected chi connectivity index (χ1v) is 4.27. The predicted octanol–water partition coefficient (Wildman–Crippen LogP) is 0.0941. The van der Waals surface area contributed by atoms with Crippen molar-refractivity contribution in [3.05, 3.63) is 0 Å². The number of urea groups is 1. The molecule has 68 valence electrons. The Morgan fingerprint density at radius 3 is 2.69 bits per heavy atom. The average molecular weight is 178 g/mol. The Balaban J connectivity index is 2.08. The summed E-state index contributed by atoms with van der Waals surface area (Å²) >= 11 is 0. The zero-order valence-corrected chi connectivity index (χ0v) is 7.17. The first-order valence-electron chi connectivity index (χ1n) is 4.27. The van der Waals surface area contributed by atoms with Crippen LogP contribution in [0.4, 0.5) is 4.79 Å². The van der Waals surface area contributed by atoms with Crippen molar-refractivity contribution >= 4 is 11.9 Å². The van der Waals surface area contributed by atoms with E-state index in [1.807, 2.05) is 0 Å². The van der Waals surface area contributed by atoms with Crippen molar-refractivity contribution in [3.8, 4) is 12.3 Å². The molecule has 1 spiro atoms. The summed E-state index contributed by atoms with van der Waals surface area (Å²) in [6, 6.07) is -0.294. The second-order valence-electron chi connectivity index (χ2n) is 3.42. The van der Waals surface area contributed by atoms with E-state index in [-0.39, 0.29) is 11.9 Å². The van der Waals surface area contributed by atoms with Crippen LogP contribution in [0.1, 0.15) is 19.3 Å². The second-order valence-corrected chi connectivity index (χ2v) is 3.42. The van der Waals surface area contributed by atoms with E-state index in [1.165, 1.54) is 4.90 Å². The van der Waals surface area contributed by atoms with E-state index >= 15 is 0 Å². The molecule has 13 heavy (non-hydrogen) atoms. The fourth-order valence-corrected chi connectivity index (χ4v) is 1.52. The minimum Gasteiger partial charge on any atom is -0.323 e. The summed E-state index contributed by atoms with van der Waals surface area (Å²) < 4.78 is 0. The molecule has 3 amide bonds. The van der Waals surface area contributed by atoms with Crippen LogP contribution in [-0.4, -0.2) is 28.9 Å². The van der Waals surface area contributed by atoms with Gasteiger partial charge in [-0.25, -0.2) is 4.79 Å². The highest BCUT2D eigenvalue weighted by Gasteiger charge is 2.59. The Kier molecular flexibility index (Phi) is 1.56. The smallest absolute Gasteiger partial charge is 0.323 e. The third-order valence-corrected chi connectivity index (χ3v) is 2.48. The minimum atomic E-state index is -0.536. The molecule has 1 saturated carbocycles. The molecule has 2 aliphatic rings. The Hall–Kier alpha value is -1.50. The van der Waals surface area contributed by atoms with Crippen LogP contribution in [-0.2, 0) is 4.79 Å². The van der Waals surface area contributed by atoms with Gasteiger partial charge in [-0.15, -0.1) is 12.3 Å². The molecular formula is C9H10N2O2. The monoisotopic (exact) mass is 178 g/mol. The largest absolute Gasteiger partial charge is 0.325 e. The van der Waals surface area contributed by atoms with E-state index in [1.54, 1.807) is 0 Å². The minimum absolute atomic E-state index is 0.104. The van der Waals surface area contributed by atoms with E-state index in [2.05, 4.69) is 11.2 Å². The number of amides is 3. The fraction of sp³-hybridized carbons (Fsp3) is 0.556. The highest BCUT2D eigenvalue weighted by molar-refractivity contribution is 6.08. The SMILES string of the molecule is C#CCCN1C(=O)NC2(CC2)C1=O. The number of carbonyl (C=O) groups excluding carboxylic acids is 2. The fourth-order valence-electron chi connectivity index (χ4n) is 1.52. The first kappa shape index (κ1) is 8.11. The zero-order chi connectivity index (χ0) is 9.47. The number of hydrogen-bond acceptors (Lipinski definition) is 2. The van der Waals surface area contributed by atoms with Crippen molar-refractivity contribution in [2.24, 2.45) is 0 Å². The maximum absolute atomic E-state index is 11.6. The first-order chi connectivity index (χ1) is 6.19. The third kappa shape index (κ3) is 1.08. The van der Waals surface area contributed by atoms with Gasteiger partial charge < -0.3 is 5.32 Å². The van der Waals surface area contributed by atoms with Gasteiger partial charge in [-0.05, 0) is 12.8 Å². The molecule has 1 aliphatic heterocycles. The Morgan fingerprint density at radius 2 is 2.23 bits per heavy atom. The van der Waals surface area contributed by atoms with E-state index in [4.69, 9.17) is 6.42 Å². The van der Waals surface area contributed by atoms with Crippen molar-refractivity contribution in [1.29, 1.82) is 0 Å². The van der Waals surface area contributed by atoms with Crippen LogP contribution >= 0.6 is 0 Å². The van der Waals surface area contributed by atoms with Crippen LogP contribution in [0.25, 0.3) is 0 Å². The van der Waals surface area contributed by atoms with Crippen LogP contribution < -0.4 is 5.32 Å². The summed E-state index contributed by atoms with van der Waals surface area (Å²) in [5, 5.41) is 2.68. The molecule has 0 aromatic heterocycles. The topological polar surface area (TPSA) is 49.4 Å². The van der Waals surface area contributed by atoms with Crippen LogP contribution in [0.15, 0.2) is 0 Å². The molecular weight excluding hydrogens is 168 g/mol. The summed E-state index contributed by atoms with van der Waals surface area (Å²) in [4.78, 5) is 24.1. The lowest BCUT2D eigenvalue weighted by atomic mass is 10.2. The Morgan fingerprint density at radius 1 is 1.54 bits per heavy atom. The highest BCUT2D eigenvalue weighted by atomic mass is 16.2. The van der Waals surface area contributed by atoms with Crippen molar-refractivity contribution in [2.75, 3.05) is 6.54 Å². The predicted molar refractivity (Wildman–Crippen MR) is 45.7 cm³/mol. The van der Waals surface area contributed by atoms with E-state index < -0.39 is 5.54 Å². The lowest BCUT2D eigenvalue weighted by Crippen LogP contribution is -2.33. The molecule has 0 atom stereocenters. The summed E-state index contributed by atoms with van der Waals surface area (Å²) in [7, 11) is 0. The van der Waals surface area contributed by atoms with Gasteiger partial charge in [-0.2, -0.15) is 0 Å².